The van der Waals surface area contributed by atoms with E-state index in [1.165, 1.54) is 16.7 Å². The van der Waals surface area contributed by atoms with Crippen molar-refractivity contribution in [1.29, 1.82) is 0 Å². The van der Waals surface area contributed by atoms with Crippen molar-refractivity contribution in [2.24, 2.45) is 0 Å². The zero-order valence-corrected chi connectivity index (χ0v) is 15.9. The molecule has 0 spiro atoms. The van der Waals surface area contributed by atoms with Crippen LogP contribution in [0.2, 0.25) is 10.0 Å². The number of phenols is 1. The van der Waals surface area contributed by atoms with Gasteiger partial charge >= 0.3 is 5.69 Å². The van der Waals surface area contributed by atoms with E-state index in [1.807, 2.05) is 20.8 Å². The minimum absolute atomic E-state index is 0.0259. The van der Waals surface area contributed by atoms with Gasteiger partial charge in [-0.25, -0.2) is 9.36 Å². The fourth-order valence-corrected chi connectivity index (χ4v) is 2.75. The van der Waals surface area contributed by atoms with E-state index >= 15 is 0 Å². The average Bonchev–Trinajstić information content (AvgIpc) is 2.94. The SMILES string of the molecule is CC(C)(C)c1cn(-c2nc(Oc3ccccc3O)c(Cl)cc2Cl)c(=O)[nH]1. The molecule has 26 heavy (non-hydrogen) atoms. The zero-order chi connectivity index (χ0) is 19.1. The third-order valence-corrected chi connectivity index (χ3v) is 4.25. The van der Waals surface area contributed by atoms with Crippen LogP contribution in [0.1, 0.15) is 26.5 Å². The Labute approximate surface area is 160 Å². The molecule has 0 unspecified atom stereocenters. The Morgan fingerprint density at radius 3 is 2.50 bits per heavy atom. The highest BCUT2D eigenvalue weighted by molar-refractivity contribution is 6.36. The zero-order valence-electron chi connectivity index (χ0n) is 14.4. The summed E-state index contributed by atoms with van der Waals surface area (Å²) < 4.78 is 6.90. The van der Waals surface area contributed by atoms with Crippen LogP contribution < -0.4 is 10.4 Å². The molecule has 0 aliphatic heterocycles. The van der Waals surface area contributed by atoms with E-state index in [9.17, 15) is 9.90 Å². The van der Waals surface area contributed by atoms with Gasteiger partial charge in [-0.2, -0.15) is 4.98 Å². The quantitative estimate of drug-likeness (QED) is 0.677. The fraction of sp³-hybridized carbons (Fsp3) is 0.222. The van der Waals surface area contributed by atoms with E-state index in [-0.39, 0.29) is 44.3 Å². The van der Waals surface area contributed by atoms with E-state index in [4.69, 9.17) is 27.9 Å². The molecule has 0 aliphatic carbocycles. The van der Waals surface area contributed by atoms with Crippen LogP contribution in [-0.2, 0) is 5.41 Å². The Bertz CT molecular complexity index is 1020. The first-order valence-corrected chi connectivity index (χ1v) is 8.57. The van der Waals surface area contributed by atoms with Gasteiger partial charge in [0.15, 0.2) is 17.3 Å². The number of phenolic OH excluding ortho intramolecular Hbond substituents is 1. The lowest BCUT2D eigenvalue weighted by Gasteiger charge is -2.15. The molecule has 6 nitrogen and oxygen atoms in total. The third kappa shape index (κ3) is 3.57. The minimum atomic E-state index is -0.375. The molecule has 2 heterocycles. The van der Waals surface area contributed by atoms with Crippen LogP contribution in [0, 0.1) is 0 Å². The highest BCUT2D eigenvalue weighted by Crippen LogP contribution is 2.35. The number of aromatic amines is 1. The van der Waals surface area contributed by atoms with Crippen LogP contribution in [0.3, 0.4) is 0 Å². The van der Waals surface area contributed by atoms with Crippen molar-refractivity contribution in [2.45, 2.75) is 26.2 Å². The summed E-state index contributed by atoms with van der Waals surface area (Å²) in [6.07, 6.45) is 1.65. The Morgan fingerprint density at radius 2 is 1.88 bits per heavy atom. The van der Waals surface area contributed by atoms with Gasteiger partial charge in [-0.1, -0.05) is 56.1 Å². The number of hydrogen-bond donors (Lipinski definition) is 2. The summed E-state index contributed by atoms with van der Waals surface area (Å²) in [4.78, 5) is 19.4. The van der Waals surface area contributed by atoms with Crippen LogP contribution in [0.4, 0.5) is 0 Å². The van der Waals surface area contributed by atoms with Gasteiger partial charge < -0.3 is 14.8 Å². The standard InChI is InChI=1S/C18H17Cl2N3O3/c1-18(2,3)14-9-23(17(25)21-14)15-10(19)8-11(20)16(22-15)26-13-7-5-4-6-12(13)24/h4-9,24H,1-3H3,(H,21,25). The third-order valence-electron chi connectivity index (χ3n) is 3.71. The molecule has 0 fully saturated rings. The molecule has 3 aromatic rings. The van der Waals surface area contributed by atoms with Gasteiger partial charge in [0.25, 0.3) is 0 Å². The van der Waals surface area contributed by atoms with Gasteiger partial charge in [-0.15, -0.1) is 0 Å². The lowest BCUT2D eigenvalue weighted by molar-refractivity contribution is 0.402. The first-order valence-electron chi connectivity index (χ1n) is 7.81. The number of hydrogen-bond acceptors (Lipinski definition) is 4. The number of aromatic nitrogens is 3. The fourth-order valence-electron chi connectivity index (χ4n) is 2.26. The molecule has 3 rings (SSSR count). The summed E-state index contributed by atoms with van der Waals surface area (Å²) in [5, 5.41) is 10.2. The highest BCUT2D eigenvalue weighted by atomic mass is 35.5. The number of aromatic hydroxyl groups is 1. The number of nitrogens with zero attached hydrogens (tertiary/aromatic N) is 2. The second-order valence-electron chi connectivity index (χ2n) is 6.74. The maximum atomic E-state index is 12.3. The Hall–Kier alpha value is -2.44. The Balaban J connectivity index is 2.08. The van der Waals surface area contributed by atoms with Crippen LogP contribution in [0.15, 0.2) is 41.3 Å². The van der Waals surface area contributed by atoms with Gasteiger partial charge in [0.05, 0.1) is 5.02 Å². The number of imidazole rings is 1. The van der Waals surface area contributed by atoms with Gasteiger partial charge in [-0.05, 0) is 18.2 Å². The molecule has 0 atom stereocenters. The molecule has 2 aromatic heterocycles. The number of para-hydroxylation sites is 2. The van der Waals surface area contributed by atoms with E-state index in [0.29, 0.717) is 0 Å². The van der Waals surface area contributed by atoms with Crippen molar-refractivity contribution < 1.29 is 9.84 Å². The Kier molecular flexibility index (Phi) is 4.73. The smallest absolute Gasteiger partial charge is 0.331 e. The molecular weight excluding hydrogens is 377 g/mol. The number of rotatable bonds is 3. The summed E-state index contributed by atoms with van der Waals surface area (Å²) >= 11 is 12.4. The number of halogens is 2. The van der Waals surface area contributed by atoms with Crippen molar-refractivity contribution in [2.75, 3.05) is 0 Å². The summed E-state index contributed by atoms with van der Waals surface area (Å²) in [6, 6.07) is 7.86. The van der Waals surface area contributed by atoms with Gasteiger partial charge in [0, 0.05) is 17.3 Å². The van der Waals surface area contributed by atoms with E-state index in [1.54, 1.807) is 24.4 Å². The highest BCUT2D eigenvalue weighted by Gasteiger charge is 2.21. The largest absolute Gasteiger partial charge is 0.504 e. The number of benzene rings is 1. The molecule has 2 N–H and O–H groups in total. The van der Waals surface area contributed by atoms with E-state index in [0.717, 1.165) is 5.69 Å². The molecule has 0 amide bonds. The first-order chi connectivity index (χ1) is 12.2. The molecule has 0 saturated heterocycles. The minimum Gasteiger partial charge on any atom is -0.504 e. The maximum Gasteiger partial charge on any atom is 0.331 e. The summed E-state index contributed by atoms with van der Waals surface area (Å²) in [7, 11) is 0. The summed E-state index contributed by atoms with van der Waals surface area (Å²) in [6.45, 7) is 5.94. The van der Waals surface area contributed by atoms with Crippen molar-refractivity contribution in [3.63, 3.8) is 0 Å². The molecule has 1 aromatic carbocycles. The van der Waals surface area contributed by atoms with Crippen molar-refractivity contribution in [3.05, 3.63) is 62.8 Å². The van der Waals surface area contributed by atoms with Crippen LogP contribution in [0.5, 0.6) is 17.4 Å². The van der Waals surface area contributed by atoms with Gasteiger partial charge in [0.1, 0.15) is 5.02 Å². The lowest BCUT2D eigenvalue weighted by Crippen LogP contribution is -2.17. The molecule has 0 aliphatic rings. The second-order valence-corrected chi connectivity index (χ2v) is 7.56. The van der Waals surface area contributed by atoms with Crippen LogP contribution in [-0.4, -0.2) is 19.6 Å². The average molecular weight is 394 g/mol. The van der Waals surface area contributed by atoms with E-state index < -0.39 is 0 Å². The monoisotopic (exact) mass is 393 g/mol. The number of nitrogens with one attached hydrogen (secondary N) is 1. The lowest BCUT2D eigenvalue weighted by atomic mass is 9.93. The normalized spacial score (nSPS) is 11.6. The number of ether oxygens (including phenoxy) is 1. The topological polar surface area (TPSA) is 80.1 Å². The van der Waals surface area contributed by atoms with Gasteiger partial charge in [-0.3, -0.25) is 0 Å². The van der Waals surface area contributed by atoms with Crippen molar-refractivity contribution >= 4 is 23.2 Å². The van der Waals surface area contributed by atoms with Crippen LogP contribution in [0.25, 0.3) is 5.82 Å². The second kappa shape index (κ2) is 6.70. The Morgan fingerprint density at radius 1 is 1.19 bits per heavy atom. The van der Waals surface area contributed by atoms with Crippen molar-refractivity contribution in [1.82, 2.24) is 14.5 Å². The predicted octanol–water partition coefficient (Wildman–Crippen LogP) is 4.66. The molecule has 0 saturated carbocycles. The molecule has 136 valence electrons. The first kappa shape index (κ1) is 18.4. The molecule has 0 bridgehead atoms. The van der Waals surface area contributed by atoms with Crippen LogP contribution >= 0.6 is 23.2 Å². The number of pyridine rings is 1. The maximum absolute atomic E-state index is 12.3. The number of H-pyrrole nitrogens is 1. The van der Waals surface area contributed by atoms with Gasteiger partial charge in [0.2, 0.25) is 5.88 Å². The molecule has 8 heteroatoms. The summed E-state index contributed by atoms with van der Waals surface area (Å²) in [5.41, 5.74) is 0.108. The van der Waals surface area contributed by atoms with E-state index in [2.05, 4.69) is 9.97 Å². The van der Waals surface area contributed by atoms with Crippen molar-refractivity contribution in [3.8, 4) is 23.2 Å². The summed E-state index contributed by atoms with van der Waals surface area (Å²) in [5.74, 6) is 0.332. The predicted molar refractivity (Wildman–Crippen MR) is 101 cm³/mol. The molecule has 0 radical (unpaired) electrons. The molecular formula is C18H17Cl2N3O3.